The van der Waals surface area contributed by atoms with E-state index in [2.05, 4.69) is 35.8 Å². The molecule has 1 aliphatic heterocycles. The number of rotatable bonds is 5. The van der Waals surface area contributed by atoms with Crippen molar-refractivity contribution in [2.24, 2.45) is 0 Å². The van der Waals surface area contributed by atoms with Crippen LogP contribution in [0, 0.1) is 6.92 Å². The lowest BCUT2D eigenvalue weighted by Gasteiger charge is -2.18. The van der Waals surface area contributed by atoms with Crippen molar-refractivity contribution in [3.63, 3.8) is 0 Å². The molecule has 1 aliphatic carbocycles. The Morgan fingerprint density at radius 2 is 1.79 bits per heavy atom. The number of halogens is 3. The van der Waals surface area contributed by atoms with Crippen molar-refractivity contribution in [3.8, 4) is 0 Å². The van der Waals surface area contributed by atoms with Gasteiger partial charge in [0.2, 0.25) is 5.95 Å². The van der Waals surface area contributed by atoms with Crippen molar-refractivity contribution in [1.29, 1.82) is 0 Å². The van der Waals surface area contributed by atoms with Gasteiger partial charge in [-0.05, 0) is 44.4 Å². The predicted molar refractivity (Wildman–Crippen MR) is 117 cm³/mol. The van der Waals surface area contributed by atoms with E-state index in [1.807, 2.05) is 19.1 Å². The minimum atomic E-state index is -4.56. The van der Waals surface area contributed by atoms with E-state index in [9.17, 15) is 18.0 Å². The fourth-order valence-electron chi connectivity index (χ4n) is 4.25. The second kappa shape index (κ2) is 8.50. The molecule has 12 heteroatoms. The summed E-state index contributed by atoms with van der Waals surface area (Å²) in [5.74, 6) is 0.694. The van der Waals surface area contributed by atoms with Gasteiger partial charge in [0.25, 0.3) is 5.91 Å². The van der Waals surface area contributed by atoms with Crippen LogP contribution in [0.5, 0.6) is 0 Å². The molecule has 0 radical (unpaired) electrons. The quantitative estimate of drug-likeness (QED) is 0.582. The third-order valence-electron chi connectivity index (χ3n) is 5.96. The largest absolute Gasteiger partial charge is 0.436 e. The summed E-state index contributed by atoms with van der Waals surface area (Å²) in [7, 11) is 0. The van der Waals surface area contributed by atoms with Crippen molar-refractivity contribution in [3.05, 3.63) is 59.3 Å². The molecule has 0 saturated heterocycles. The number of aromatic nitrogens is 5. The molecule has 3 aromatic rings. The molecule has 176 valence electrons. The molecule has 3 aromatic heterocycles. The average Bonchev–Trinajstić information content (AvgIpc) is 3.38. The lowest BCUT2D eigenvalue weighted by atomic mass is 10.1. The average molecular weight is 470 g/mol. The second-order valence-electron chi connectivity index (χ2n) is 8.44. The Hall–Kier alpha value is -3.83. The first kappa shape index (κ1) is 22.0. The van der Waals surface area contributed by atoms with E-state index < -0.39 is 11.9 Å². The molecule has 0 spiro atoms. The van der Waals surface area contributed by atoms with Gasteiger partial charge in [0.15, 0.2) is 5.69 Å². The fraction of sp³-hybridized carbons (Fsp3) is 0.364. The van der Waals surface area contributed by atoms with E-state index in [0.29, 0.717) is 29.8 Å². The second-order valence-corrected chi connectivity index (χ2v) is 8.44. The first-order valence-electron chi connectivity index (χ1n) is 10.8. The van der Waals surface area contributed by atoms with Gasteiger partial charge in [-0.15, -0.1) is 10.2 Å². The zero-order valence-corrected chi connectivity index (χ0v) is 18.2. The van der Waals surface area contributed by atoms with Gasteiger partial charge in [0, 0.05) is 35.1 Å². The highest BCUT2D eigenvalue weighted by Gasteiger charge is 2.34. The normalized spacial score (nSPS) is 19.9. The van der Waals surface area contributed by atoms with Gasteiger partial charge in [0.05, 0.1) is 24.6 Å². The standard InChI is InChI=1S/C22H21F3N8O/c1-12-6-17-13(8-26-12)11-33(20(17)34)16-4-5-19(27-9-16)29-14-2-3-15(7-14)30-21-28-10-18(31-32-21)22(23,24)25/h4-6,8-10,14-15H,2-3,7,11H2,1H3,(H,27,29)(H,28,30,32)/t14-,15-/m0/s1. The van der Waals surface area contributed by atoms with Crippen molar-refractivity contribution in [1.82, 2.24) is 25.1 Å². The maximum absolute atomic E-state index is 12.7. The van der Waals surface area contributed by atoms with Crippen molar-refractivity contribution in [2.45, 2.75) is 51.0 Å². The van der Waals surface area contributed by atoms with Gasteiger partial charge >= 0.3 is 6.18 Å². The van der Waals surface area contributed by atoms with E-state index >= 15 is 0 Å². The van der Waals surface area contributed by atoms with Gasteiger partial charge in [-0.1, -0.05) is 0 Å². The Labute approximate surface area is 192 Å². The van der Waals surface area contributed by atoms with Crippen LogP contribution >= 0.6 is 0 Å². The topological polar surface area (TPSA) is 109 Å². The smallest absolute Gasteiger partial charge is 0.367 e. The molecule has 9 nitrogen and oxygen atoms in total. The molecular formula is C22H21F3N8O. The van der Waals surface area contributed by atoms with Crippen LogP contribution in [0.1, 0.15) is 46.6 Å². The molecule has 5 rings (SSSR count). The highest BCUT2D eigenvalue weighted by atomic mass is 19.4. The Morgan fingerprint density at radius 1 is 1.00 bits per heavy atom. The Morgan fingerprint density at radius 3 is 2.47 bits per heavy atom. The predicted octanol–water partition coefficient (Wildman–Crippen LogP) is 3.59. The van der Waals surface area contributed by atoms with Crippen molar-refractivity contribution < 1.29 is 18.0 Å². The number of aryl methyl sites for hydroxylation is 1. The molecule has 34 heavy (non-hydrogen) atoms. The summed E-state index contributed by atoms with van der Waals surface area (Å²) >= 11 is 0. The zero-order valence-electron chi connectivity index (χ0n) is 18.2. The summed E-state index contributed by atoms with van der Waals surface area (Å²) in [5.41, 5.74) is 1.96. The van der Waals surface area contributed by atoms with Crippen LogP contribution in [-0.2, 0) is 12.7 Å². The van der Waals surface area contributed by atoms with Gasteiger partial charge in [-0.2, -0.15) is 13.2 Å². The highest BCUT2D eigenvalue weighted by Crippen LogP contribution is 2.30. The number of pyridine rings is 2. The summed E-state index contributed by atoms with van der Waals surface area (Å²) in [6.07, 6.45) is 1.88. The number of nitrogens with one attached hydrogen (secondary N) is 2. The van der Waals surface area contributed by atoms with Gasteiger partial charge in [-0.25, -0.2) is 9.97 Å². The molecule has 1 fully saturated rings. The van der Waals surface area contributed by atoms with Gasteiger partial charge < -0.3 is 15.5 Å². The van der Waals surface area contributed by atoms with E-state index in [-0.39, 0.29) is 23.9 Å². The van der Waals surface area contributed by atoms with E-state index in [4.69, 9.17) is 0 Å². The lowest BCUT2D eigenvalue weighted by Crippen LogP contribution is -2.24. The summed E-state index contributed by atoms with van der Waals surface area (Å²) < 4.78 is 37.8. The maximum Gasteiger partial charge on any atom is 0.436 e. The van der Waals surface area contributed by atoms with Crippen LogP contribution in [0.3, 0.4) is 0 Å². The molecule has 1 saturated carbocycles. The maximum atomic E-state index is 12.7. The number of amides is 1. The van der Waals surface area contributed by atoms with Gasteiger partial charge in [-0.3, -0.25) is 9.78 Å². The summed E-state index contributed by atoms with van der Waals surface area (Å²) in [6.45, 7) is 2.32. The Kier molecular flexibility index (Phi) is 5.50. The van der Waals surface area contributed by atoms with Crippen LogP contribution in [0.15, 0.2) is 36.8 Å². The van der Waals surface area contributed by atoms with Crippen LogP contribution < -0.4 is 15.5 Å². The first-order valence-corrected chi connectivity index (χ1v) is 10.8. The Bertz CT molecular complexity index is 1200. The number of carbonyl (C=O) groups is 1. The monoisotopic (exact) mass is 470 g/mol. The van der Waals surface area contributed by atoms with Crippen LogP contribution in [0.25, 0.3) is 0 Å². The summed E-state index contributed by atoms with van der Waals surface area (Å²) in [5, 5.41) is 13.1. The molecular weight excluding hydrogens is 449 g/mol. The van der Waals surface area contributed by atoms with E-state index in [1.165, 1.54) is 0 Å². The molecule has 2 aliphatic rings. The van der Waals surface area contributed by atoms with Crippen LogP contribution in [0.2, 0.25) is 0 Å². The zero-order chi connectivity index (χ0) is 23.9. The van der Waals surface area contributed by atoms with Crippen LogP contribution in [0.4, 0.5) is 30.6 Å². The fourth-order valence-corrected chi connectivity index (χ4v) is 4.25. The first-order chi connectivity index (χ1) is 16.3. The number of anilines is 3. The van der Waals surface area contributed by atoms with E-state index in [0.717, 1.165) is 30.5 Å². The lowest BCUT2D eigenvalue weighted by molar-refractivity contribution is -0.142. The van der Waals surface area contributed by atoms with E-state index in [1.54, 1.807) is 23.4 Å². The van der Waals surface area contributed by atoms with Crippen LogP contribution in [-0.4, -0.2) is 43.1 Å². The number of hydrogen-bond acceptors (Lipinski definition) is 8. The summed E-state index contributed by atoms with van der Waals surface area (Å²) in [4.78, 5) is 26.9. The molecule has 1 amide bonds. The number of hydrogen-bond donors (Lipinski definition) is 2. The molecule has 0 bridgehead atoms. The molecule has 2 atom stereocenters. The Balaban J connectivity index is 1.16. The van der Waals surface area contributed by atoms with Crippen molar-refractivity contribution in [2.75, 3.05) is 15.5 Å². The minimum Gasteiger partial charge on any atom is -0.367 e. The third-order valence-corrected chi connectivity index (χ3v) is 5.96. The number of carbonyl (C=O) groups excluding carboxylic acids is 1. The molecule has 0 unspecified atom stereocenters. The SMILES string of the molecule is Cc1cc2c(cn1)CN(c1ccc(N[C@H]3CC[C@H](Nc4ncc(C(F)(F)F)nn4)C3)nc1)C2=O. The number of nitrogens with zero attached hydrogens (tertiary/aromatic N) is 6. The molecule has 2 N–H and O–H groups in total. The number of fused-ring (bicyclic) bond motifs is 1. The molecule has 4 heterocycles. The molecule has 0 aromatic carbocycles. The van der Waals surface area contributed by atoms with Gasteiger partial charge in [0.1, 0.15) is 5.82 Å². The highest BCUT2D eigenvalue weighted by molar-refractivity contribution is 6.09. The number of alkyl halides is 3. The summed E-state index contributed by atoms with van der Waals surface area (Å²) in [6, 6.07) is 5.63. The van der Waals surface area contributed by atoms with Crippen molar-refractivity contribution >= 4 is 23.4 Å². The minimum absolute atomic E-state index is 0.00750. The third kappa shape index (κ3) is 4.47.